The van der Waals surface area contributed by atoms with Gasteiger partial charge in [-0.05, 0) is 30.2 Å². The summed E-state index contributed by atoms with van der Waals surface area (Å²) in [5.74, 6) is -0.122. The lowest BCUT2D eigenvalue weighted by Crippen LogP contribution is -2.00. The van der Waals surface area contributed by atoms with Gasteiger partial charge in [0.05, 0.1) is 12.7 Å². The molecule has 110 valence electrons. The fraction of sp³-hybridized carbons (Fsp3) is 0.235. The highest BCUT2D eigenvalue weighted by molar-refractivity contribution is 6.00. The monoisotopic (exact) mass is 288 g/mol. The van der Waals surface area contributed by atoms with Crippen LogP contribution in [0.1, 0.15) is 30.1 Å². The molecule has 3 nitrogen and oxygen atoms in total. The number of phenols is 1. The Bertz CT molecular complexity index is 648. The SMILES string of the molecule is CCCC(=O)c1cc(-c2ccc(F)cc2)c(OC)cc1O. The molecule has 1 N–H and O–H groups in total. The Hall–Kier alpha value is -2.36. The van der Waals surface area contributed by atoms with Crippen molar-refractivity contribution in [1.29, 1.82) is 0 Å². The van der Waals surface area contributed by atoms with E-state index in [1.807, 2.05) is 6.92 Å². The highest BCUT2D eigenvalue weighted by Crippen LogP contribution is 2.36. The van der Waals surface area contributed by atoms with Crippen molar-refractivity contribution in [3.8, 4) is 22.6 Å². The maximum absolute atomic E-state index is 13.0. The molecule has 0 amide bonds. The van der Waals surface area contributed by atoms with Gasteiger partial charge in [0, 0.05) is 18.1 Å². The lowest BCUT2D eigenvalue weighted by atomic mass is 9.97. The highest BCUT2D eigenvalue weighted by atomic mass is 19.1. The van der Waals surface area contributed by atoms with Gasteiger partial charge in [0.25, 0.3) is 0 Å². The van der Waals surface area contributed by atoms with Crippen molar-refractivity contribution in [2.75, 3.05) is 7.11 Å². The Labute approximate surface area is 123 Å². The molecule has 0 bridgehead atoms. The van der Waals surface area contributed by atoms with Crippen molar-refractivity contribution in [1.82, 2.24) is 0 Å². The number of methoxy groups -OCH3 is 1. The number of phenolic OH excluding ortho intramolecular Hbond substituents is 1. The fourth-order valence-corrected chi connectivity index (χ4v) is 2.18. The minimum Gasteiger partial charge on any atom is -0.507 e. The van der Waals surface area contributed by atoms with Crippen molar-refractivity contribution in [3.63, 3.8) is 0 Å². The summed E-state index contributed by atoms with van der Waals surface area (Å²) in [6.45, 7) is 1.90. The molecule has 0 spiro atoms. The Morgan fingerprint density at radius 1 is 1.24 bits per heavy atom. The van der Waals surface area contributed by atoms with Crippen LogP contribution in [-0.2, 0) is 0 Å². The first-order valence-corrected chi connectivity index (χ1v) is 6.77. The molecule has 0 heterocycles. The third-order valence-corrected chi connectivity index (χ3v) is 3.25. The van der Waals surface area contributed by atoms with Crippen LogP contribution in [0.3, 0.4) is 0 Å². The lowest BCUT2D eigenvalue weighted by molar-refractivity contribution is 0.0979. The topological polar surface area (TPSA) is 46.5 Å². The molecular formula is C17H17FO3. The van der Waals surface area contributed by atoms with E-state index in [0.29, 0.717) is 24.2 Å². The Morgan fingerprint density at radius 3 is 2.48 bits per heavy atom. The molecule has 0 aromatic heterocycles. The quantitative estimate of drug-likeness (QED) is 0.839. The maximum Gasteiger partial charge on any atom is 0.166 e. The van der Waals surface area contributed by atoms with E-state index in [2.05, 4.69) is 0 Å². The lowest BCUT2D eigenvalue weighted by Gasteiger charge is -2.12. The van der Waals surface area contributed by atoms with E-state index in [1.54, 1.807) is 18.2 Å². The molecule has 0 saturated carbocycles. The molecule has 0 fully saturated rings. The van der Waals surface area contributed by atoms with Crippen LogP contribution in [-0.4, -0.2) is 18.0 Å². The van der Waals surface area contributed by atoms with E-state index in [4.69, 9.17) is 4.74 Å². The van der Waals surface area contributed by atoms with Gasteiger partial charge >= 0.3 is 0 Å². The smallest absolute Gasteiger partial charge is 0.166 e. The minimum absolute atomic E-state index is 0.101. The Morgan fingerprint density at radius 2 is 1.90 bits per heavy atom. The average Bonchev–Trinajstić information content (AvgIpc) is 2.48. The number of benzene rings is 2. The van der Waals surface area contributed by atoms with Gasteiger partial charge in [0.1, 0.15) is 17.3 Å². The minimum atomic E-state index is -0.334. The standard InChI is InChI=1S/C17H17FO3/c1-3-4-15(19)14-9-13(17(21-2)10-16(14)20)11-5-7-12(18)8-6-11/h5-10,20H,3-4H2,1-2H3. The van der Waals surface area contributed by atoms with Crippen molar-refractivity contribution in [2.45, 2.75) is 19.8 Å². The van der Waals surface area contributed by atoms with Gasteiger partial charge in [-0.3, -0.25) is 4.79 Å². The summed E-state index contributed by atoms with van der Waals surface area (Å²) in [6, 6.07) is 8.92. The van der Waals surface area contributed by atoms with Crippen LogP contribution < -0.4 is 4.74 Å². The molecule has 2 aromatic carbocycles. The molecule has 2 aromatic rings. The van der Waals surface area contributed by atoms with E-state index < -0.39 is 0 Å². The van der Waals surface area contributed by atoms with Crippen LogP contribution in [0.5, 0.6) is 11.5 Å². The summed E-state index contributed by atoms with van der Waals surface area (Å²) in [5.41, 5.74) is 1.63. The van der Waals surface area contributed by atoms with E-state index in [-0.39, 0.29) is 22.9 Å². The van der Waals surface area contributed by atoms with Gasteiger partial charge in [-0.1, -0.05) is 19.1 Å². The highest BCUT2D eigenvalue weighted by Gasteiger charge is 2.16. The third-order valence-electron chi connectivity index (χ3n) is 3.25. The summed E-state index contributed by atoms with van der Waals surface area (Å²) < 4.78 is 18.3. The molecule has 0 aliphatic rings. The van der Waals surface area contributed by atoms with Crippen molar-refractivity contribution in [2.24, 2.45) is 0 Å². The summed E-state index contributed by atoms with van der Waals surface area (Å²) in [4.78, 5) is 12.0. The molecule has 21 heavy (non-hydrogen) atoms. The van der Waals surface area contributed by atoms with E-state index >= 15 is 0 Å². The second-order valence-electron chi connectivity index (χ2n) is 4.75. The van der Waals surface area contributed by atoms with Crippen LogP contribution in [0.15, 0.2) is 36.4 Å². The van der Waals surface area contributed by atoms with E-state index in [1.165, 1.54) is 25.3 Å². The fourth-order valence-electron chi connectivity index (χ4n) is 2.18. The molecule has 0 saturated heterocycles. The van der Waals surface area contributed by atoms with Crippen molar-refractivity contribution < 1.29 is 19.0 Å². The zero-order valence-electron chi connectivity index (χ0n) is 12.0. The van der Waals surface area contributed by atoms with Crippen LogP contribution >= 0.6 is 0 Å². The number of aromatic hydroxyl groups is 1. The van der Waals surface area contributed by atoms with E-state index in [9.17, 15) is 14.3 Å². The molecule has 4 heteroatoms. The largest absolute Gasteiger partial charge is 0.507 e. The van der Waals surface area contributed by atoms with Gasteiger partial charge in [-0.15, -0.1) is 0 Å². The number of rotatable bonds is 5. The normalized spacial score (nSPS) is 10.4. The average molecular weight is 288 g/mol. The van der Waals surface area contributed by atoms with E-state index in [0.717, 1.165) is 5.56 Å². The number of carbonyl (C=O) groups excluding carboxylic acids is 1. The molecule has 0 aliphatic carbocycles. The van der Waals surface area contributed by atoms with Crippen LogP contribution in [0.25, 0.3) is 11.1 Å². The molecule has 0 atom stereocenters. The number of halogens is 1. The molecule has 0 aliphatic heterocycles. The van der Waals surface area contributed by atoms with Crippen LogP contribution in [0.2, 0.25) is 0 Å². The first kappa shape index (κ1) is 15.0. The zero-order chi connectivity index (χ0) is 15.4. The number of hydrogen-bond donors (Lipinski definition) is 1. The maximum atomic E-state index is 13.0. The Kier molecular flexibility index (Phi) is 4.58. The zero-order valence-corrected chi connectivity index (χ0v) is 12.0. The number of ether oxygens (including phenoxy) is 1. The van der Waals surface area contributed by atoms with Crippen LogP contribution in [0.4, 0.5) is 4.39 Å². The molecule has 0 unspecified atom stereocenters. The summed E-state index contributed by atoms with van der Waals surface area (Å²) in [5, 5.41) is 9.97. The molecule has 2 rings (SSSR count). The third kappa shape index (κ3) is 3.21. The summed E-state index contributed by atoms with van der Waals surface area (Å²) in [7, 11) is 1.48. The first-order valence-electron chi connectivity index (χ1n) is 6.77. The molecule has 0 radical (unpaired) electrons. The number of carbonyl (C=O) groups is 1. The molecular weight excluding hydrogens is 271 g/mol. The number of ketones is 1. The van der Waals surface area contributed by atoms with Crippen molar-refractivity contribution >= 4 is 5.78 Å². The first-order chi connectivity index (χ1) is 10.1. The second-order valence-corrected chi connectivity index (χ2v) is 4.75. The van der Waals surface area contributed by atoms with Gasteiger partial charge in [0.15, 0.2) is 5.78 Å². The number of hydrogen-bond acceptors (Lipinski definition) is 3. The predicted octanol–water partition coefficient (Wildman–Crippen LogP) is 4.19. The van der Waals surface area contributed by atoms with Gasteiger partial charge in [-0.25, -0.2) is 4.39 Å². The van der Waals surface area contributed by atoms with Gasteiger partial charge in [-0.2, -0.15) is 0 Å². The summed E-state index contributed by atoms with van der Waals surface area (Å²) >= 11 is 0. The van der Waals surface area contributed by atoms with Crippen LogP contribution in [0, 0.1) is 5.82 Å². The second kappa shape index (κ2) is 6.39. The summed E-state index contributed by atoms with van der Waals surface area (Å²) in [6.07, 6.45) is 1.07. The Balaban J connectivity index is 2.55. The number of Topliss-reactive ketones (excluding diaryl/α,β-unsaturated/α-hetero) is 1. The van der Waals surface area contributed by atoms with Crippen molar-refractivity contribution in [3.05, 3.63) is 47.8 Å². The van der Waals surface area contributed by atoms with Gasteiger partial charge < -0.3 is 9.84 Å². The van der Waals surface area contributed by atoms with Gasteiger partial charge in [0.2, 0.25) is 0 Å². The predicted molar refractivity (Wildman–Crippen MR) is 79.3 cm³/mol.